The first kappa shape index (κ1) is 22.4. The fourth-order valence-electron chi connectivity index (χ4n) is 4.51. The smallest absolute Gasteiger partial charge is 0.0884 e. The van der Waals surface area contributed by atoms with Crippen molar-refractivity contribution in [3.8, 4) is 11.1 Å². The minimum atomic E-state index is 1.01. The summed E-state index contributed by atoms with van der Waals surface area (Å²) < 4.78 is 1.11. The van der Waals surface area contributed by atoms with E-state index in [2.05, 4.69) is 145 Å². The predicted octanol–water partition coefficient (Wildman–Crippen LogP) is 7.72. The molecule has 0 amide bonds. The van der Waals surface area contributed by atoms with Gasteiger partial charge in [0.05, 0.1) is 0 Å². The molecule has 0 bridgehead atoms. The lowest BCUT2D eigenvalue weighted by molar-refractivity contribution is 1.07. The fraction of sp³-hybridized carbons (Fsp3) is 0.0625. The van der Waals surface area contributed by atoms with Crippen LogP contribution >= 0.6 is 15.9 Å². The van der Waals surface area contributed by atoms with Crippen LogP contribution in [0.4, 0.5) is 0 Å². The molecule has 0 saturated carbocycles. The van der Waals surface area contributed by atoms with Crippen LogP contribution in [0, 0.1) is 0 Å². The molecular weight excluding hydrogens is 475 g/mol. The van der Waals surface area contributed by atoms with Gasteiger partial charge in [0.15, 0.2) is 0 Å². The molecule has 2 heteroatoms. The Labute approximate surface area is 211 Å². The van der Waals surface area contributed by atoms with Gasteiger partial charge in [0.2, 0.25) is 0 Å². The SMILES string of the molecule is Bc1cccc(C2=C\CC/C(c3cccc(Br)c3)=C/C(c3ccc(-c4ccccc4)cc3)=C\2)c1. The van der Waals surface area contributed by atoms with Gasteiger partial charge in [0.1, 0.15) is 7.85 Å². The molecule has 1 aliphatic rings. The molecule has 0 saturated heterocycles. The Morgan fingerprint density at radius 3 is 2.00 bits per heavy atom. The molecule has 1 aliphatic carbocycles. The van der Waals surface area contributed by atoms with Crippen LogP contribution in [0.2, 0.25) is 0 Å². The maximum atomic E-state index is 3.65. The fourth-order valence-corrected chi connectivity index (χ4v) is 4.90. The summed E-state index contributed by atoms with van der Waals surface area (Å²) in [7, 11) is 2.16. The van der Waals surface area contributed by atoms with Gasteiger partial charge in [-0.1, -0.05) is 125 Å². The highest BCUT2D eigenvalue weighted by atomic mass is 79.9. The molecule has 4 aromatic carbocycles. The molecule has 164 valence electrons. The molecule has 4 aromatic rings. The van der Waals surface area contributed by atoms with Crippen molar-refractivity contribution >= 4 is 46.0 Å². The second-order valence-electron chi connectivity index (χ2n) is 8.79. The Morgan fingerprint density at radius 1 is 0.559 bits per heavy atom. The second-order valence-corrected chi connectivity index (χ2v) is 9.71. The van der Waals surface area contributed by atoms with Crippen molar-refractivity contribution in [3.63, 3.8) is 0 Å². The van der Waals surface area contributed by atoms with E-state index in [4.69, 9.17) is 0 Å². The molecule has 0 radical (unpaired) electrons. The Kier molecular flexibility index (Phi) is 6.78. The minimum Gasteiger partial charge on any atom is -0.0884 e. The summed E-state index contributed by atoms with van der Waals surface area (Å²) in [6.07, 6.45) is 9.13. The van der Waals surface area contributed by atoms with Crippen LogP contribution in [0.5, 0.6) is 0 Å². The normalized spacial score (nSPS) is 18.4. The Bertz CT molecular complexity index is 1390. The van der Waals surface area contributed by atoms with E-state index in [-0.39, 0.29) is 0 Å². The Hall–Kier alpha value is -3.36. The van der Waals surface area contributed by atoms with Crippen LogP contribution in [0.15, 0.2) is 126 Å². The van der Waals surface area contributed by atoms with Gasteiger partial charge in [-0.25, -0.2) is 0 Å². The molecule has 0 N–H and O–H groups in total. The lowest BCUT2D eigenvalue weighted by atomic mass is 9.88. The molecule has 0 spiro atoms. The first-order valence-electron chi connectivity index (χ1n) is 11.8. The average molecular weight is 501 g/mol. The van der Waals surface area contributed by atoms with Crippen LogP contribution in [0.1, 0.15) is 29.5 Å². The molecule has 0 fully saturated rings. The standard InChI is InChI=1S/C32H26BBr/c33-31-13-5-11-28(21-31)26-9-4-10-27(29-12-6-14-32(34)22-29)20-30(19-26)25-17-15-24(16-18-25)23-7-2-1-3-8-23/h1-3,5-9,11-22H,4,10,33H2/b26-9-,27-20-,30-19+. The van der Waals surface area contributed by atoms with E-state index in [0.29, 0.717) is 0 Å². The van der Waals surface area contributed by atoms with E-state index >= 15 is 0 Å². The van der Waals surface area contributed by atoms with Crippen molar-refractivity contribution in [2.24, 2.45) is 0 Å². The second kappa shape index (κ2) is 10.3. The van der Waals surface area contributed by atoms with Crippen LogP contribution in [0.3, 0.4) is 0 Å². The highest BCUT2D eigenvalue weighted by Crippen LogP contribution is 2.33. The van der Waals surface area contributed by atoms with E-state index in [1.807, 2.05) is 0 Å². The molecule has 0 atom stereocenters. The first-order chi connectivity index (χ1) is 16.7. The summed E-state index contributed by atoms with van der Waals surface area (Å²) in [4.78, 5) is 0. The van der Waals surface area contributed by atoms with E-state index in [9.17, 15) is 0 Å². The van der Waals surface area contributed by atoms with E-state index in [1.54, 1.807) is 0 Å². The number of benzene rings is 4. The molecule has 0 aromatic heterocycles. The monoisotopic (exact) mass is 500 g/mol. The van der Waals surface area contributed by atoms with Crippen LogP contribution < -0.4 is 5.46 Å². The maximum Gasteiger partial charge on any atom is 0.139 e. The zero-order valence-electron chi connectivity index (χ0n) is 19.3. The maximum absolute atomic E-state index is 3.65. The van der Waals surface area contributed by atoms with E-state index in [1.165, 1.54) is 50.0 Å². The van der Waals surface area contributed by atoms with Crippen molar-refractivity contribution < 1.29 is 0 Å². The third-order valence-corrected chi connectivity index (χ3v) is 6.78. The number of hydrogen-bond acceptors (Lipinski definition) is 0. The average Bonchev–Trinajstić information content (AvgIpc) is 2.85. The number of halogens is 1. The van der Waals surface area contributed by atoms with Crippen molar-refractivity contribution in [2.45, 2.75) is 12.8 Å². The van der Waals surface area contributed by atoms with Gasteiger partial charge in [-0.2, -0.15) is 0 Å². The number of allylic oxidation sites excluding steroid dienone is 6. The number of rotatable bonds is 4. The highest BCUT2D eigenvalue weighted by Gasteiger charge is 2.11. The van der Waals surface area contributed by atoms with E-state index < -0.39 is 0 Å². The topological polar surface area (TPSA) is 0 Å². The third-order valence-electron chi connectivity index (χ3n) is 6.29. The van der Waals surface area contributed by atoms with Gasteiger partial charge in [0, 0.05) is 4.47 Å². The molecule has 0 aliphatic heterocycles. The van der Waals surface area contributed by atoms with Gasteiger partial charge in [-0.15, -0.1) is 0 Å². The summed E-state index contributed by atoms with van der Waals surface area (Å²) in [5.74, 6) is 0. The van der Waals surface area contributed by atoms with Gasteiger partial charge in [0.25, 0.3) is 0 Å². The van der Waals surface area contributed by atoms with Crippen molar-refractivity contribution in [1.29, 1.82) is 0 Å². The van der Waals surface area contributed by atoms with Gasteiger partial charge in [-0.3, -0.25) is 0 Å². The summed E-state index contributed by atoms with van der Waals surface area (Å²) in [5, 5.41) is 0. The predicted molar refractivity (Wildman–Crippen MR) is 154 cm³/mol. The summed E-state index contributed by atoms with van der Waals surface area (Å²) in [6, 6.07) is 36.9. The van der Waals surface area contributed by atoms with Crippen molar-refractivity contribution in [3.05, 3.63) is 143 Å². The molecule has 0 unspecified atom stereocenters. The van der Waals surface area contributed by atoms with Crippen LogP contribution in [-0.2, 0) is 0 Å². The Morgan fingerprint density at radius 2 is 1.24 bits per heavy atom. The van der Waals surface area contributed by atoms with Gasteiger partial charge < -0.3 is 0 Å². The highest BCUT2D eigenvalue weighted by molar-refractivity contribution is 9.10. The lowest BCUT2D eigenvalue weighted by Crippen LogP contribution is -2.02. The summed E-state index contributed by atoms with van der Waals surface area (Å²) >= 11 is 3.65. The zero-order valence-corrected chi connectivity index (χ0v) is 20.9. The van der Waals surface area contributed by atoms with Gasteiger partial charge in [-0.05, 0) is 75.6 Å². The molecule has 34 heavy (non-hydrogen) atoms. The molecule has 0 nitrogen and oxygen atoms in total. The molecule has 5 rings (SSSR count). The first-order valence-corrected chi connectivity index (χ1v) is 12.6. The summed E-state index contributed by atoms with van der Waals surface area (Å²) in [6.45, 7) is 0. The quantitative estimate of drug-likeness (QED) is 0.251. The largest absolute Gasteiger partial charge is 0.139 e. The number of hydrogen-bond donors (Lipinski definition) is 0. The van der Waals surface area contributed by atoms with E-state index in [0.717, 1.165) is 17.3 Å². The third kappa shape index (κ3) is 5.24. The summed E-state index contributed by atoms with van der Waals surface area (Å²) in [5.41, 5.74) is 11.4. The van der Waals surface area contributed by atoms with Crippen LogP contribution in [-0.4, -0.2) is 7.85 Å². The van der Waals surface area contributed by atoms with Gasteiger partial charge >= 0.3 is 0 Å². The minimum absolute atomic E-state index is 1.01. The molecular formula is C32H26BBr. The molecule has 0 heterocycles. The van der Waals surface area contributed by atoms with Crippen LogP contribution in [0.25, 0.3) is 27.8 Å². The zero-order chi connectivity index (χ0) is 23.3. The van der Waals surface area contributed by atoms with Crippen molar-refractivity contribution in [2.75, 3.05) is 0 Å². The lowest BCUT2D eigenvalue weighted by Gasteiger charge is -2.16. The van der Waals surface area contributed by atoms with Crippen molar-refractivity contribution in [1.82, 2.24) is 0 Å². The Balaban J connectivity index is 1.60.